The lowest BCUT2D eigenvalue weighted by Crippen LogP contribution is -2.39. The maximum Gasteiger partial charge on any atom is 0.165 e. The Labute approximate surface area is 160 Å². The van der Waals surface area contributed by atoms with Gasteiger partial charge in [0.2, 0.25) is 0 Å². The topological polar surface area (TPSA) is 23.5 Å². The normalized spacial score (nSPS) is 18.9. The highest BCUT2D eigenvalue weighted by Gasteiger charge is 2.37. The molecule has 2 nitrogen and oxygen atoms in total. The lowest BCUT2D eigenvalue weighted by molar-refractivity contribution is 0.189. The van der Waals surface area contributed by atoms with Crippen molar-refractivity contribution in [1.82, 2.24) is 4.90 Å². The second kappa shape index (κ2) is 8.81. The predicted molar refractivity (Wildman–Crippen MR) is 106 cm³/mol. The monoisotopic (exact) mass is 407 g/mol. The van der Waals surface area contributed by atoms with Crippen LogP contribution in [0.15, 0.2) is 42.5 Å². The molecule has 2 aromatic carbocycles. The number of hydrogen-bond donors (Lipinski definition) is 1. The molecule has 0 radical (unpaired) electrons. The molecule has 2 aromatic rings. The van der Waals surface area contributed by atoms with Gasteiger partial charge in [0.25, 0.3) is 0 Å². The van der Waals surface area contributed by atoms with Crippen LogP contribution in [0.4, 0.5) is 4.39 Å². The van der Waals surface area contributed by atoms with Gasteiger partial charge in [-0.2, -0.15) is 0 Å². The van der Waals surface area contributed by atoms with Gasteiger partial charge in [-0.15, -0.1) is 17.0 Å². The van der Waals surface area contributed by atoms with E-state index < -0.39 is 5.82 Å². The second-order valence-electron chi connectivity index (χ2n) is 6.70. The number of fused-ring (bicyclic) bond motifs is 1. The van der Waals surface area contributed by atoms with Gasteiger partial charge < -0.3 is 5.11 Å². The molecule has 0 amide bonds. The molecule has 1 aliphatic rings. The van der Waals surface area contributed by atoms with Gasteiger partial charge in [0.15, 0.2) is 11.6 Å². The summed E-state index contributed by atoms with van der Waals surface area (Å²) in [5.41, 5.74) is 3.33. The first-order valence-electron chi connectivity index (χ1n) is 8.96. The Kier molecular flexibility index (Phi) is 7.03. The minimum absolute atomic E-state index is 0. The van der Waals surface area contributed by atoms with Crippen LogP contribution in [0.25, 0.3) is 0 Å². The Hall–Kier alpha value is -1.39. The van der Waals surface area contributed by atoms with Crippen molar-refractivity contribution < 1.29 is 9.50 Å². The summed E-state index contributed by atoms with van der Waals surface area (Å²) in [6.07, 6.45) is 3.07. The van der Waals surface area contributed by atoms with Gasteiger partial charge in [-0.05, 0) is 61.2 Å². The molecule has 0 bridgehead atoms. The van der Waals surface area contributed by atoms with Crippen LogP contribution in [0, 0.1) is 5.82 Å². The lowest BCUT2D eigenvalue weighted by Gasteiger charge is -2.33. The Morgan fingerprint density at radius 1 is 1.08 bits per heavy atom. The van der Waals surface area contributed by atoms with E-state index in [4.69, 9.17) is 0 Å². The molecular weight excluding hydrogens is 381 g/mol. The van der Waals surface area contributed by atoms with Crippen molar-refractivity contribution >= 4 is 17.0 Å². The van der Waals surface area contributed by atoms with Crippen LogP contribution < -0.4 is 0 Å². The molecule has 0 saturated carbocycles. The van der Waals surface area contributed by atoms with Gasteiger partial charge >= 0.3 is 0 Å². The first kappa shape index (κ1) is 19.9. The lowest BCUT2D eigenvalue weighted by atomic mass is 9.89. The fourth-order valence-electron chi connectivity index (χ4n) is 4.06. The zero-order chi connectivity index (χ0) is 17.1. The number of benzene rings is 2. The van der Waals surface area contributed by atoms with Gasteiger partial charge in [-0.25, -0.2) is 4.39 Å². The summed E-state index contributed by atoms with van der Waals surface area (Å²) >= 11 is 0. The number of rotatable bonds is 6. The Bertz CT molecular complexity index is 686. The van der Waals surface area contributed by atoms with Gasteiger partial charge in [-0.3, -0.25) is 4.90 Å². The summed E-state index contributed by atoms with van der Waals surface area (Å²) in [6, 6.07) is 13.9. The van der Waals surface area contributed by atoms with Crippen molar-refractivity contribution in [3.63, 3.8) is 0 Å². The van der Waals surface area contributed by atoms with E-state index in [2.05, 4.69) is 30.9 Å². The fraction of sp³-hybridized carbons (Fsp3) is 0.429. The molecule has 25 heavy (non-hydrogen) atoms. The minimum Gasteiger partial charge on any atom is -0.505 e. The van der Waals surface area contributed by atoms with Gasteiger partial charge in [0.1, 0.15) is 0 Å². The number of aromatic hydroxyl groups is 1. The van der Waals surface area contributed by atoms with Crippen molar-refractivity contribution in [3.05, 3.63) is 65.0 Å². The van der Waals surface area contributed by atoms with E-state index in [-0.39, 0.29) is 28.6 Å². The molecule has 3 rings (SSSR count). The van der Waals surface area contributed by atoms with E-state index in [1.807, 2.05) is 18.2 Å². The number of phenols is 1. The molecule has 0 saturated heterocycles. The molecule has 0 aliphatic heterocycles. The van der Waals surface area contributed by atoms with Crippen molar-refractivity contribution in [3.8, 4) is 5.75 Å². The van der Waals surface area contributed by atoms with Crippen LogP contribution in [0.2, 0.25) is 0 Å². The molecule has 0 aromatic heterocycles. The minimum atomic E-state index is -0.520. The third kappa shape index (κ3) is 4.06. The molecule has 0 spiro atoms. The van der Waals surface area contributed by atoms with Crippen LogP contribution in [0.5, 0.6) is 5.75 Å². The van der Waals surface area contributed by atoms with Gasteiger partial charge in [0.05, 0.1) is 0 Å². The SMILES string of the molecule is Br.CCCN(CCC)[C@@H]1Cc2cc(O)c(F)cc2[C@H]1c1ccccc1. The smallest absolute Gasteiger partial charge is 0.165 e. The van der Waals surface area contributed by atoms with Crippen molar-refractivity contribution in [1.29, 1.82) is 0 Å². The summed E-state index contributed by atoms with van der Waals surface area (Å²) in [5.74, 6) is -0.596. The highest BCUT2D eigenvalue weighted by atomic mass is 79.9. The first-order valence-corrected chi connectivity index (χ1v) is 8.96. The summed E-state index contributed by atoms with van der Waals surface area (Å²) in [6.45, 7) is 6.50. The molecule has 1 N–H and O–H groups in total. The third-order valence-corrected chi connectivity index (χ3v) is 5.01. The highest BCUT2D eigenvalue weighted by Crippen LogP contribution is 2.43. The molecule has 2 atom stereocenters. The Morgan fingerprint density at radius 2 is 1.72 bits per heavy atom. The van der Waals surface area contributed by atoms with E-state index >= 15 is 0 Å². The zero-order valence-corrected chi connectivity index (χ0v) is 16.6. The van der Waals surface area contributed by atoms with Crippen molar-refractivity contribution in [2.75, 3.05) is 13.1 Å². The summed E-state index contributed by atoms with van der Waals surface area (Å²) in [7, 11) is 0. The molecule has 0 heterocycles. The quantitative estimate of drug-likeness (QED) is 0.702. The van der Waals surface area contributed by atoms with Crippen LogP contribution in [0.3, 0.4) is 0 Å². The van der Waals surface area contributed by atoms with Crippen molar-refractivity contribution in [2.45, 2.75) is 45.1 Å². The largest absolute Gasteiger partial charge is 0.505 e. The Balaban J connectivity index is 0.00000225. The van der Waals surface area contributed by atoms with E-state index in [0.717, 1.165) is 43.5 Å². The summed E-state index contributed by atoms with van der Waals surface area (Å²) in [4.78, 5) is 2.53. The number of nitrogens with zero attached hydrogens (tertiary/aromatic N) is 1. The second-order valence-corrected chi connectivity index (χ2v) is 6.70. The standard InChI is InChI=1S/C21H26FNO.BrH/c1-3-10-23(11-4-2)19-12-16-13-20(24)18(22)14-17(16)21(19)15-8-6-5-7-9-15;/h5-9,13-14,19,21,24H,3-4,10-12H2,1-2H3;1H/t19-,21-;/m1./s1. The predicted octanol–water partition coefficient (Wildman–Crippen LogP) is 5.29. The summed E-state index contributed by atoms with van der Waals surface area (Å²) in [5, 5.41) is 9.78. The van der Waals surface area contributed by atoms with Crippen LogP contribution in [-0.2, 0) is 6.42 Å². The number of phenolic OH excluding ortho intramolecular Hbond substituents is 1. The van der Waals surface area contributed by atoms with Gasteiger partial charge in [0, 0.05) is 12.0 Å². The number of halogens is 2. The summed E-state index contributed by atoms with van der Waals surface area (Å²) < 4.78 is 14.0. The Morgan fingerprint density at radius 3 is 2.32 bits per heavy atom. The first-order chi connectivity index (χ1) is 11.7. The average molecular weight is 408 g/mol. The fourth-order valence-corrected chi connectivity index (χ4v) is 4.06. The van der Waals surface area contributed by atoms with E-state index in [9.17, 15) is 9.50 Å². The van der Waals surface area contributed by atoms with Gasteiger partial charge in [-0.1, -0.05) is 44.2 Å². The zero-order valence-electron chi connectivity index (χ0n) is 14.9. The number of hydrogen-bond acceptors (Lipinski definition) is 2. The van der Waals surface area contributed by atoms with Crippen LogP contribution >= 0.6 is 17.0 Å². The van der Waals surface area contributed by atoms with Crippen LogP contribution in [-0.4, -0.2) is 29.1 Å². The maximum atomic E-state index is 14.0. The molecular formula is C21H27BrFNO. The highest BCUT2D eigenvalue weighted by molar-refractivity contribution is 8.93. The van der Waals surface area contributed by atoms with E-state index in [1.165, 1.54) is 5.56 Å². The third-order valence-electron chi connectivity index (χ3n) is 5.01. The molecule has 136 valence electrons. The van der Waals surface area contributed by atoms with Crippen molar-refractivity contribution in [2.24, 2.45) is 0 Å². The average Bonchev–Trinajstić information content (AvgIpc) is 2.94. The van der Waals surface area contributed by atoms with Crippen LogP contribution in [0.1, 0.15) is 49.3 Å². The molecule has 1 aliphatic carbocycles. The van der Waals surface area contributed by atoms with E-state index in [0.29, 0.717) is 6.04 Å². The molecule has 0 unspecified atom stereocenters. The van der Waals surface area contributed by atoms with E-state index in [1.54, 1.807) is 12.1 Å². The maximum absolute atomic E-state index is 14.0. The molecule has 0 fully saturated rings. The molecule has 4 heteroatoms.